The Balaban J connectivity index is 0.00000169. The van der Waals surface area contributed by atoms with Gasteiger partial charge in [0, 0.05) is 30.2 Å². The molecular formula is C20H23ClN2O. The van der Waals surface area contributed by atoms with Crippen molar-refractivity contribution in [3.8, 4) is 0 Å². The number of hydrogen-bond donors (Lipinski definition) is 2. The smallest absolute Gasteiger partial charge is 0.103 e. The van der Waals surface area contributed by atoms with Crippen molar-refractivity contribution in [2.24, 2.45) is 0 Å². The van der Waals surface area contributed by atoms with Crippen LogP contribution in [-0.4, -0.2) is 28.1 Å². The lowest BCUT2D eigenvalue weighted by molar-refractivity contribution is -0.0370. The molecule has 1 aromatic heterocycles. The number of aromatic amines is 1. The van der Waals surface area contributed by atoms with E-state index in [0.717, 1.165) is 42.4 Å². The summed E-state index contributed by atoms with van der Waals surface area (Å²) < 4.78 is 0. The topological polar surface area (TPSA) is 39.3 Å². The van der Waals surface area contributed by atoms with Gasteiger partial charge in [-0.05, 0) is 42.6 Å². The van der Waals surface area contributed by atoms with Gasteiger partial charge in [0.1, 0.15) is 5.60 Å². The average Bonchev–Trinajstić information content (AvgIpc) is 3.04. The van der Waals surface area contributed by atoms with Crippen LogP contribution in [0.25, 0.3) is 10.9 Å². The van der Waals surface area contributed by atoms with Gasteiger partial charge in [-0.3, -0.25) is 4.90 Å². The van der Waals surface area contributed by atoms with Crippen LogP contribution in [0.5, 0.6) is 0 Å². The standard InChI is InChI=1S/C20H22N2O.ClH/c23-20(18-8-4-9-19-17(18)10-12-21-19)11-5-13-22(15-20)14-16-6-2-1-3-7-16;/h1-4,6-10,12,21,23H,5,11,13-15H2;1H. The fraction of sp³-hybridized carbons (Fsp3) is 0.300. The first-order chi connectivity index (χ1) is 11.2. The van der Waals surface area contributed by atoms with Gasteiger partial charge >= 0.3 is 0 Å². The number of likely N-dealkylation sites (tertiary alicyclic amines) is 1. The van der Waals surface area contributed by atoms with Crippen molar-refractivity contribution in [2.45, 2.75) is 25.0 Å². The molecule has 1 fully saturated rings. The highest BCUT2D eigenvalue weighted by Crippen LogP contribution is 2.36. The second kappa shape index (κ2) is 6.98. The molecule has 3 nitrogen and oxygen atoms in total. The number of H-pyrrole nitrogens is 1. The predicted octanol–water partition coefficient (Wildman–Crippen LogP) is 4.07. The molecule has 0 spiro atoms. The molecule has 1 saturated heterocycles. The second-order valence-electron chi connectivity index (χ2n) is 6.58. The first-order valence-corrected chi connectivity index (χ1v) is 8.30. The molecule has 4 heteroatoms. The Bertz CT molecular complexity index is 802. The fourth-order valence-corrected chi connectivity index (χ4v) is 3.81. The second-order valence-corrected chi connectivity index (χ2v) is 6.58. The van der Waals surface area contributed by atoms with Gasteiger partial charge in [0.25, 0.3) is 0 Å². The van der Waals surface area contributed by atoms with Crippen molar-refractivity contribution in [3.63, 3.8) is 0 Å². The number of nitrogens with zero attached hydrogens (tertiary/aromatic N) is 1. The zero-order chi connectivity index (χ0) is 15.7. The van der Waals surface area contributed by atoms with E-state index in [1.165, 1.54) is 5.56 Å². The van der Waals surface area contributed by atoms with Gasteiger partial charge in [-0.25, -0.2) is 0 Å². The molecule has 1 atom stereocenters. The lowest BCUT2D eigenvalue weighted by Gasteiger charge is -2.40. The van der Waals surface area contributed by atoms with Crippen molar-refractivity contribution >= 4 is 23.3 Å². The summed E-state index contributed by atoms with van der Waals surface area (Å²) >= 11 is 0. The Morgan fingerprint density at radius 2 is 1.88 bits per heavy atom. The van der Waals surface area contributed by atoms with Crippen LogP contribution in [0.4, 0.5) is 0 Å². The molecule has 0 radical (unpaired) electrons. The van der Waals surface area contributed by atoms with E-state index >= 15 is 0 Å². The highest BCUT2D eigenvalue weighted by atomic mass is 35.5. The van der Waals surface area contributed by atoms with Crippen LogP contribution >= 0.6 is 12.4 Å². The molecule has 3 aromatic rings. The van der Waals surface area contributed by atoms with E-state index in [1.807, 2.05) is 18.3 Å². The maximum Gasteiger partial charge on any atom is 0.103 e. The van der Waals surface area contributed by atoms with E-state index in [-0.39, 0.29) is 12.4 Å². The highest BCUT2D eigenvalue weighted by molar-refractivity contribution is 5.85. The van der Waals surface area contributed by atoms with Gasteiger partial charge < -0.3 is 10.1 Å². The quantitative estimate of drug-likeness (QED) is 0.753. The fourth-order valence-electron chi connectivity index (χ4n) is 3.81. The summed E-state index contributed by atoms with van der Waals surface area (Å²) in [5.41, 5.74) is 2.68. The van der Waals surface area contributed by atoms with E-state index in [4.69, 9.17) is 0 Å². The van der Waals surface area contributed by atoms with E-state index in [0.29, 0.717) is 6.54 Å². The van der Waals surface area contributed by atoms with Crippen LogP contribution in [0.1, 0.15) is 24.0 Å². The Morgan fingerprint density at radius 1 is 1.04 bits per heavy atom. The van der Waals surface area contributed by atoms with Crippen LogP contribution in [0.2, 0.25) is 0 Å². The lowest BCUT2D eigenvalue weighted by Crippen LogP contribution is -2.45. The SMILES string of the molecule is Cl.OC1(c2cccc3[nH]ccc23)CCCN(Cc2ccccc2)C1. The number of benzene rings is 2. The molecule has 0 amide bonds. The first-order valence-electron chi connectivity index (χ1n) is 8.30. The number of β-amino-alcohol motifs (C(OH)–C–C–N with tert-alkyl or cyclic N) is 1. The van der Waals surface area contributed by atoms with Crippen molar-refractivity contribution < 1.29 is 5.11 Å². The number of aromatic nitrogens is 1. The molecule has 2 aromatic carbocycles. The van der Waals surface area contributed by atoms with E-state index in [9.17, 15) is 5.11 Å². The average molecular weight is 343 g/mol. The third-order valence-corrected chi connectivity index (χ3v) is 4.90. The minimum atomic E-state index is -0.769. The number of fused-ring (bicyclic) bond motifs is 1. The Hall–Kier alpha value is -1.81. The number of nitrogens with one attached hydrogen (secondary N) is 1. The summed E-state index contributed by atoms with van der Waals surface area (Å²) in [5, 5.41) is 12.5. The molecule has 2 N–H and O–H groups in total. The Kier molecular flexibility index (Phi) is 4.95. The predicted molar refractivity (Wildman–Crippen MR) is 100 cm³/mol. The monoisotopic (exact) mass is 342 g/mol. The van der Waals surface area contributed by atoms with Crippen molar-refractivity contribution in [3.05, 3.63) is 71.9 Å². The summed E-state index contributed by atoms with van der Waals surface area (Å²) in [5.74, 6) is 0. The van der Waals surface area contributed by atoms with Crippen LogP contribution < -0.4 is 0 Å². The lowest BCUT2D eigenvalue weighted by atomic mass is 9.84. The number of rotatable bonds is 3. The summed E-state index contributed by atoms with van der Waals surface area (Å²) in [7, 11) is 0. The maximum absolute atomic E-state index is 11.4. The molecule has 1 unspecified atom stereocenters. The zero-order valence-corrected chi connectivity index (χ0v) is 14.4. The number of halogens is 1. The van der Waals surface area contributed by atoms with E-state index in [1.54, 1.807) is 0 Å². The molecule has 24 heavy (non-hydrogen) atoms. The molecule has 2 heterocycles. The number of aliphatic hydroxyl groups is 1. The molecular weight excluding hydrogens is 320 g/mol. The van der Waals surface area contributed by atoms with Crippen LogP contribution in [0, 0.1) is 0 Å². The number of piperidine rings is 1. The molecule has 126 valence electrons. The van der Waals surface area contributed by atoms with E-state index < -0.39 is 5.60 Å². The Morgan fingerprint density at radius 3 is 2.71 bits per heavy atom. The van der Waals surface area contributed by atoms with Crippen LogP contribution in [0.15, 0.2) is 60.8 Å². The summed E-state index contributed by atoms with van der Waals surface area (Å²) in [6.45, 7) is 2.62. The van der Waals surface area contributed by atoms with Gasteiger partial charge in [-0.15, -0.1) is 12.4 Å². The third-order valence-electron chi connectivity index (χ3n) is 4.90. The van der Waals surface area contributed by atoms with Gasteiger partial charge in [-0.2, -0.15) is 0 Å². The third kappa shape index (κ3) is 3.20. The highest BCUT2D eigenvalue weighted by Gasteiger charge is 2.36. The van der Waals surface area contributed by atoms with Gasteiger partial charge in [0.15, 0.2) is 0 Å². The molecule has 0 bridgehead atoms. The van der Waals surface area contributed by atoms with Gasteiger partial charge in [0.05, 0.1) is 0 Å². The normalized spacial score (nSPS) is 21.5. The molecule has 4 rings (SSSR count). The minimum Gasteiger partial charge on any atom is -0.384 e. The molecule has 1 aliphatic heterocycles. The zero-order valence-electron chi connectivity index (χ0n) is 13.6. The minimum absolute atomic E-state index is 0. The summed E-state index contributed by atoms with van der Waals surface area (Å²) in [6.07, 6.45) is 3.79. The molecule has 0 aliphatic carbocycles. The number of hydrogen-bond acceptors (Lipinski definition) is 2. The van der Waals surface area contributed by atoms with Crippen LogP contribution in [-0.2, 0) is 12.1 Å². The Labute approximate surface area is 148 Å². The van der Waals surface area contributed by atoms with Crippen LogP contribution in [0.3, 0.4) is 0 Å². The maximum atomic E-state index is 11.4. The summed E-state index contributed by atoms with van der Waals surface area (Å²) in [4.78, 5) is 5.61. The van der Waals surface area contributed by atoms with Crippen molar-refractivity contribution in [1.29, 1.82) is 0 Å². The largest absolute Gasteiger partial charge is 0.384 e. The van der Waals surface area contributed by atoms with Crippen molar-refractivity contribution in [2.75, 3.05) is 13.1 Å². The summed E-state index contributed by atoms with van der Waals surface area (Å²) in [6, 6.07) is 18.7. The molecule has 1 aliphatic rings. The van der Waals surface area contributed by atoms with Gasteiger partial charge in [0.2, 0.25) is 0 Å². The molecule has 0 saturated carbocycles. The first kappa shape index (κ1) is 17.0. The van der Waals surface area contributed by atoms with Gasteiger partial charge in [-0.1, -0.05) is 42.5 Å². The van der Waals surface area contributed by atoms with Crippen molar-refractivity contribution in [1.82, 2.24) is 9.88 Å². The van der Waals surface area contributed by atoms with E-state index in [2.05, 4.69) is 52.3 Å².